The van der Waals surface area contributed by atoms with Crippen molar-refractivity contribution < 1.29 is 9.59 Å². The second-order valence-electron chi connectivity index (χ2n) is 8.72. The fourth-order valence-electron chi connectivity index (χ4n) is 4.75. The van der Waals surface area contributed by atoms with Gasteiger partial charge in [0.15, 0.2) is 0 Å². The average molecular weight is 447 g/mol. The normalized spacial score (nSPS) is 16.1. The van der Waals surface area contributed by atoms with Crippen LogP contribution in [0.5, 0.6) is 0 Å². The van der Waals surface area contributed by atoms with E-state index in [2.05, 4.69) is 17.0 Å². The lowest BCUT2D eigenvalue weighted by Crippen LogP contribution is -2.49. The minimum absolute atomic E-state index is 0.00875. The Hall–Kier alpha value is -3.55. The molecule has 0 atom stereocenters. The van der Waals surface area contributed by atoms with Crippen molar-refractivity contribution in [2.45, 2.75) is 25.8 Å². The number of para-hydroxylation sites is 1. The van der Waals surface area contributed by atoms with Crippen LogP contribution in [0.15, 0.2) is 54.7 Å². The van der Waals surface area contributed by atoms with Crippen LogP contribution in [0, 0.1) is 0 Å². The molecule has 8 heteroatoms. The molecule has 172 valence electrons. The zero-order valence-electron chi connectivity index (χ0n) is 19.1. The number of aryl methyl sites for hydroxylation is 2. The van der Waals surface area contributed by atoms with Gasteiger partial charge in [-0.2, -0.15) is 5.10 Å². The molecule has 2 aliphatic rings. The zero-order valence-corrected chi connectivity index (χ0v) is 19.1. The van der Waals surface area contributed by atoms with Crippen molar-refractivity contribution in [1.29, 1.82) is 0 Å². The molecule has 1 fully saturated rings. The van der Waals surface area contributed by atoms with Crippen molar-refractivity contribution in [3.05, 3.63) is 54.7 Å². The standard InChI is InChI=1S/C25H30N6O2/c1-27-12-5-9-22(27)21-19-23-30(13-6-14-31(23)26-21)25(33)11-10-24(32)29-17-15-28(16-18-29)20-7-3-2-4-8-20/h2-5,7-9,12,19H,6,10-11,13-18H2,1H3. The molecule has 0 N–H and O–H groups in total. The van der Waals surface area contributed by atoms with Gasteiger partial charge < -0.3 is 14.4 Å². The van der Waals surface area contributed by atoms with Crippen LogP contribution in [0.2, 0.25) is 0 Å². The van der Waals surface area contributed by atoms with E-state index in [9.17, 15) is 9.59 Å². The average Bonchev–Trinajstić information content (AvgIpc) is 3.48. The highest BCUT2D eigenvalue weighted by molar-refractivity contribution is 5.95. The van der Waals surface area contributed by atoms with E-state index in [1.807, 2.05) is 63.8 Å². The maximum atomic E-state index is 13.0. The highest BCUT2D eigenvalue weighted by Crippen LogP contribution is 2.28. The van der Waals surface area contributed by atoms with Crippen LogP contribution >= 0.6 is 0 Å². The first kappa shape index (κ1) is 21.3. The fraction of sp³-hybridized carbons (Fsp3) is 0.400. The van der Waals surface area contributed by atoms with Crippen molar-refractivity contribution in [3.8, 4) is 11.4 Å². The number of anilines is 2. The Balaban J connectivity index is 1.17. The number of amides is 2. The largest absolute Gasteiger partial charge is 0.368 e. The van der Waals surface area contributed by atoms with Gasteiger partial charge in [0, 0.05) is 77.1 Å². The summed E-state index contributed by atoms with van der Waals surface area (Å²) in [6.07, 6.45) is 3.33. The van der Waals surface area contributed by atoms with Gasteiger partial charge in [-0.1, -0.05) is 18.2 Å². The number of rotatable bonds is 5. The molecule has 0 unspecified atom stereocenters. The first-order chi connectivity index (χ1) is 16.1. The van der Waals surface area contributed by atoms with Gasteiger partial charge in [-0.3, -0.25) is 14.5 Å². The molecule has 0 radical (unpaired) electrons. The van der Waals surface area contributed by atoms with Crippen molar-refractivity contribution in [2.24, 2.45) is 7.05 Å². The lowest BCUT2D eigenvalue weighted by atomic mass is 10.2. The molecule has 3 aromatic rings. The first-order valence-corrected chi connectivity index (χ1v) is 11.7. The van der Waals surface area contributed by atoms with E-state index in [4.69, 9.17) is 5.10 Å². The van der Waals surface area contributed by atoms with E-state index >= 15 is 0 Å². The van der Waals surface area contributed by atoms with Gasteiger partial charge in [-0.15, -0.1) is 0 Å². The van der Waals surface area contributed by atoms with E-state index in [1.165, 1.54) is 5.69 Å². The second kappa shape index (κ2) is 9.13. The lowest BCUT2D eigenvalue weighted by Gasteiger charge is -2.36. The number of nitrogens with zero attached hydrogens (tertiary/aromatic N) is 6. The van der Waals surface area contributed by atoms with Gasteiger partial charge in [0.05, 0.1) is 5.69 Å². The monoisotopic (exact) mass is 446 g/mol. The number of carbonyl (C=O) groups excluding carboxylic acids is 2. The Kier molecular flexibility index (Phi) is 5.90. The van der Waals surface area contributed by atoms with Crippen molar-refractivity contribution in [1.82, 2.24) is 19.2 Å². The quantitative estimate of drug-likeness (QED) is 0.605. The molecule has 8 nitrogen and oxygen atoms in total. The summed E-state index contributed by atoms with van der Waals surface area (Å²) in [5.41, 5.74) is 3.08. The Morgan fingerprint density at radius 2 is 1.64 bits per heavy atom. The van der Waals surface area contributed by atoms with Crippen LogP contribution in [0.4, 0.5) is 11.5 Å². The third-order valence-corrected chi connectivity index (χ3v) is 6.60. The molecule has 4 heterocycles. The molecule has 2 aromatic heterocycles. The van der Waals surface area contributed by atoms with Gasteiger partial charge in [-0.05, 0) is 30.7 Å². The number of benzene rings is 1. The van der Waals surface area contributed by atoms with E-state index in [-0.39, 0.29) is 24.7 Å². The van der Waals surface area contributed by atoms with Crippen LogP contribution in [-0.4, -0.2) is 63.8 Å². The minimum atomic E-state index is -0.00875. The topological polar surface area (TPSA) is 66.6 Å². The predicted molar refractivity (Wildman–Crippen MR) is 128 cm³/mol. The summed E-state index contributed by atoms with van der Waals surface area (Å²) >= 11 is 0. The molecule has 5 rings (SSSR count). The number of hydrogen-bond donors (Lipinski definition) is 0. The highest BCUT2D eigenvalue weighted by atomic mass is 16.2. The number of fused-ring (bicyclic) bond motifs is 1. The molecule has 1 saturated heterocycles. The van der Waals surface area contributed by atoms with Gasteiger partial charge >= 0.3 is 0 Å². The Morgan fingerprint density at radius 1 is 0.879 bits per heavy atom. The van der Waals surface area contributed by atoms with Crippen molar-refractivity contribution >= 4 is 23.3 Å². The number of aromatic nitrogens is 3. The SMILES string of the molecule is Cn1cccc1-c1cc2n(n1)CCCN2C(=O)CCC(=O)N1CCN(c2ccccc2)CC1. The highest BCUT2D eigenvalue weighted by Gasteiger charge is 2.27. The molecule has 1 aromatic carbocycles. The molecule has 0 aliphatic carbocycles. The first-order valence-electron chi connectivity index (χ1n) is 11.7. The van der Waals surface area contributed by atoms with Crippen LogP contribution in [-0.2, 0) is 23.2 Å². The molecule has 33 heavy (non-hydrogen) atoms. The van der Waals surface area contributed by atoms with E-state index in [0.29, 0.717) is 19.6 Å². The molecule has 0 saturated carbocycles. The summed E-state index contributed by atoms with van der Waals surface area (Å²) < 4.78 is 3.94. The summed E-state index contributed by atoms with van der Waals surface area (Å²) in [7, 11) is 1.99. The van der Waals surface area contributed by atoms with Gasteiger partial charge in [0.2, 0.25) is 11.8 Å². The van der Waals surface area contributed by atoms with Gasteiger partial charge in [0.1, 0.15) is 11.5 Å². The Bertz CT molecular complexity index is 1130. The number of hydrogen-bond acceptors (Lipinski definition) is 4. The summed E-state index contributed by atoms with van der Waals surface area (Å²) in [5.74, 6) is 0.878. The Morgan fingerprint density at radius 3 is 2.36 bits per heavy atom. The minimum Gasteiger partial charge on any atom is -0.368 e. The van der Waals surface area contributed by atoms with Crippen molar-refractivity contribution in [3.63, 3.8) is 0 Å². The van der Waals surface area contributed by atoms with E-state index < -0.39 is 0 Å². The molecule has 2 aliphatic heterocycles. The summed E-state index contributed by atoms with van der Waals surface area (Å²) in [5, 5.41) is 4.71. The predicted octanol–water partition coefficient (Wildman–Crippen LogP) is 2.75. The van der Waals surface area contributed by atoms with Crippen LogP contribution < -0.4 is 9.80 Å². The molecule has 0 bridgehead atoms. The summed E-state index contributed by atoms with van der Waals surface area (Å²) in [6, 6.07) is 16.3. The smallest absolute Gasteiger partial charge is 0.228 e. The summed E-state index contributed by atoms with van der Waals surface area (Å²) in [4.78, 5) is 31.8. The Labute approximate surface area is 194 Å². The molecular weight excluding hydrogens is 416 g/mol. The van der Waals surface area contributed by atoms with Crippen LogP contribution in [0.25, 0.3) is 11.4 Å². The second-order valence-corrected chi connectivity index (χ2v) is 8.72. The van der Waals surface area contributed by atoms with Crippen LogP contribution in [0.3, 0.4) is 0 Å². The fourth-order valence-corrected chi connectivity index (χ4v) is 4.75. The molecular formula is C25H30N6O2. The lowest BCUT2D eigenvalue weighted by molar-refractivity contribution is -0.133. The zero-order chi connectivity index (χ0) is 22.8. The third-order valence-electron chi connectivity index (χ3n) is 6.60. The maximum absolute atomic E-state index is 13.0. The third kappa shape index (κ3) is 4.37. The maximum Gasteiger partial charge on any atom is 0.228 e. The van der Waals surface area contributed by atoms with Gasteiger partial charge in [-0.25, -0.2) is 4.68 Å². The molecule has 0 spiro atoms. The molecule has 2 amide bonds. The van der Waals surface area contributed by atoms with Crippen molar-refractivity contribution in [2.75, 3.05) is 42.5 Å². The number of carbonyl (C=O) groups is 2. The van der Waals surface area contributed by atoms with Gasteiger partial charge in [0.25, 0.3) is 0 Å². The number of piperazine rings is 1. The van der Waals surface area contributed by atoms with E-state index in [1.54, 1.807) is 4.90 Å². The van der Waals surface area contributed by atoms with Crippen LogP contribution in [0.1, 0.15) is 19.3 Å². The summed E-state index contributed by atoms with van der Waals surface area (Å²) in [6.45, 7) is 4.49. The van der Waals surface area contributed by atoms with E-state index in [0.717, 1.165) is 43.3 Å².